The Morgan fingerprint density at radius 3 is 2.54 bits per heavy atom. The summed E-state index contributed by atoms with van der Waals surface area (Å²) in [5, 5.41) is 6.07. The van der Waals surface area contributed by atoms with Crippen LogP contribution in [0.4, 0.5) is 0 Å². The molecule has 0 spiro atoms. The van der Waals surface area contributed by atoms with E-state index in [1.807, 2.05) is 0 Å². The largest absolute Gasteiger partial charge is 0.472 e. The van der Waals surface area contributed by atoms with Crippen molar-refractivity contribution >= 4 is 40.9 Å². The van der Waals surface area contributed by atoms with Crippen molar-refractivity contribution in [3.63, 3.8) is 0 Å². The molecule has 2 aromatic rings. The zero-order valence-electron chi connectivity index (χ0n) is 14.9. The number of amides is 3. The standard InChI is InChI=1S/C19H19Cl2N3O4/c20-13-1-2-15(16(21)9-13)18(26)22-10-17(25)23-14-3-6-24(7-4-14)19(27)12-5-8-28-11-12/h1-2,5,8-9,11,14H,3-4,6-7,10H2,(H,22,26)(H,23,25). The molecular weight excluding hydrogens is 405 g/mol. The van der Waals surface area contributed by atoms with Crippen LogP contribution in [0.1, 0.15) is 33.6 Å². The third kappa shape index (κ3) is 5.05. The Balaban J connectivity index is 1.42. The maximum absolute atomic E-state index is 12.3. The Morgan fingerprint density at radius 1 is 1.14 bits per heavy atom. The number of nitrogens with zero attached hydrogens (tertiary/aromatic N) is 1. The van der Waals surface area contributed by atoms with E-state index in [-0.39, 0.29) is 35.0 Å². The minimum atomic E-state index is -0.447. The van der Waals surface area contributed by atoms with Gasteiger partial charge in [-0.15, -0.1) is 0 Å². The van der Waals surface area contributed by atoms with Crippen LogP contribution in [-0.2, 0) is 4.79 Å². The summed E-state index contributed by atoms with van der Waals surface area (Å²) in [7, 11) is 0. The first-order valence-electron chi connectivity index (χ1n) is 8.78. The highest BCUT2D eigenvalue weighted by molar-refractivity contribution is 6.36. The van der Waals surface area contributed by atoms with Crippen LogP contribution in [0.3, 0.4) is 0 Å². The molecular formula is C19H19Cl2N3O4. The van der Waals surface area contributed by atoms with Gasteiger partial charge in [0.1, 0.15) is 6.26 Å². The summed E-state index contributed by atoms with van der Waals surface area (Å²) >= 11 is 11.8. The number of hydrogen-bond acceptors (Lipinski definition) is 4. The molecule has 28 heavy (non-hydrogen) atoms. The lowest BCUT2D eigenvalue weighted by molar-refractivity contribution is -0.121. The molecule has 2 N–H and O–H groups in total. The molecule has 0 atom stereocenters. The fraction of sp³-hybridized carbons (Fsp3) is 0.316. The van der Waals surface area contributed by atoms with Crippen molar-refractivity contribution in [2.75, 3.05) is 19.6 Å². The maximum Gasteiger partial charge on any atom is 0.257 e. The summed E-state index contributed by atoms with van der Waals surface area (Å²) in [6.07, 6.45) is 4.18. The molecule has 1 aliphatic heterocycles. The van der Waals surface area contributed by atoms with Crippen molar-refractivity contribution in [3.05, 3.63) is 58.0 Å². The second-order valence-corrected chi connectivity index (χ2v) is 7.30. The zero-order chi connectivity index (χ0) is 20.1. The summed E-state index contributed by atoms with van der Waals surface area (Å²) in [5.41, 5.74) is 0.774. The third-order valence-electron chi connectivity index (χ3n) is 4.50. The van der Waals surface area contributed by atoms with Crippen molar-refractivity contribution in [3.8, 4) is 0 Å². The van der Waals surface area contributed by atoms with Crippen LogP contribution < -0.4 is 10.6 Å². The molecule has 1 fully saturated rings. The molecule has 0 aliphatic carbocycles. The Bertz CT molecular complexity index is 862. The SMILES string of the molecule is O=C(CNC(=O)c1ccc(Cl)cc1Cl)NC1CCN(C(=O)c2ccoc2)CC1. The minimum Gasteiger partial charge on any atom is -0.472 e. The minimum absolute atomic E-state index is 0.0445. The van der Waals surface area contributed by atoms with Gasteiger partial charge in [-0.1, -0.05) is 23.2 Å². The summed E-state index contributed by atoms with van der Waals surface area (Å²) in [4.78, 5) is 38.2. The van der Waals surface area contributed by atoms with Gasteiger partial charge in [-0.3, -0.25) is 14.4 Å². The fourth-order valence-electron chi connectivity index (χ4n) is 3.00. The van der Waals surface area contributed by atoms with Gasteiger partial charge in [0.2, 0.25) is 5.91 Å². The van der Waals surface area contributed by atoms with Crippen LogP contribution in [-0.4, -0.2) is 48.3 Å². The first-order chi connectivity index (χ1) is 13.4. The molecule has 9 heteroatoms. The van der Waals surface area contributed by atoms with Gasteiger partial charge in [0, 0.05) is 24.2 Å². The monoisotopic (exact) mass is 423 g/mol. The highest BCUT2D eigenvalue weighted by atomic mass is 35.5. The van der Waals surface area contributed by atoms with Gasteiger partial charge in [0.05, 0.1) is 29.0 Å². The average Bonchev–Trinajstić information content (AvgIpc) is 3.21. The van der Waals surface area contributed by atoms with E-state index in [0.717, 1.165) is 0 Å². The molecule has 3 rings (SSSR count). The zero-order valence-corrected chi connectivity index (χ0v) is 16.4. The Kier molecular flexibility index (Phi) is 6.59. The van der Waals surface area contributed by atoms with Crippen LogP contribution in [0.2, 0.25) is 10.0 Å². The third-order valence-corrected chi connectivity index (χ3v) is 5.05. The number of rotatable bonds is 5. The molecule has 148 valence electrons. The molecule has 0 saturated carbocycles. The van der Waals surface area contributed by atoms with E-state index in [2.05, 4.69) is 10.6 Å². The lowest BCUT2D eigenvalue weighted by Gasteiger charge is -2.32. The lowest BCUT2D eigenvalue weighted by atomic mass is 10.0. The Labute approximate surface area is 172 Å². The number of piperidine rings is 1. The highest BCUT2D eigenvalue weighted by Gasteiger charge is 2.25. The van der Waals surface area contributed by atoms with Gasteiger partial charge >= 0.3 is 0 Å². The molecule has 0 radical (unpaired) electrons. The molecule has 1 aromatic heterocycles. The van der Waals surface area contributed by atoms with Gasteiger partial charge < -0.3 is 20.0 Å². The molecule has 3 amide bonds. The predicted octanol–water partition coefficient (Wildman–Crippen LogP) is 2.74. The number of likely N-dealkylation sites (tertiary alicyclic amines) is 1. The van der Waals surface area contributed by atoms with Gasteiger partial charge in [-0.25, -0.2) is 0 Å². The van der Waals surface area contributed by atoms with Gasteiger partial charge in [0.15, 0.2) is 0 Å². The Hall–Kier alpha value is -2.51. The number of hydrogen-bond donors (Lipinski definition) is 2. The summed E-state index contributed by atoms with van der Waals surface area (Å²) < 4.78 is 4.94. The number of halogens is 2. The van der Waals surface area contributed by atoms with Crippen LogP contribution in [0.25, 0.3) is 0 Å². The maximum atomic E-state index is 12.3. The van der Waals surface area contributed by atoms with E-state index in [9.17, 15) is 14.4 Å². The van der Waals surface area contributed by atoms with Crippen LogP contribution in [0, 0.1) is 0 Å². The van der Waals surface area contributed by atoms with E-state index in [1.165, 1.54) is 24.7 Å². The van der Waals surface area contributed by atoms with Crippen molar-refractivity contribution in [2.24, 2.45) is 0 Å². The van der Waals surface area contributed by atoms with Crippen molar-refractivity contribution in [1.82, 2.24) is 15.5 Å². The van der Waals surface area contributed by atoms with Crippen LogP contribution in [0.15, 0.2) is 41.2 Å². The van der Waals surface area contributed by atoms with Crippen molar-refractivity contribution < 1.29 is 18.8 Å². The van der Waals surface area contributed by atoms with Crippen LogP contribution in [0.5, 0.6) is 0 Å². The van der Waals surface area contributed by atoms with Gasteiger partial charge in [-0.05, 0) is 37.1 Å². The lowest BCUT2D eigenvalue weighted by Crippen LogP contribution is -2.48. The van der Waals surface area contributed by atoms with E-state index in [0.29, 0.717) is 36.5 Å². The molecule has 1 aromatic carbocycles. The number of benzene rings is 1. The number of carbonyl (C=O) groups is 3. The molecule has 0 bridgehead atoms. The van der Waals surface area contributed by atoms with Crippen molar-refractivity contribution in [2.45, 2.75) is 18.9 Å². The molecule has 1 aliphatic rings. The average molecular weight is 424 g/mol. The Morgan fingerprint density at radius 2 is 1.89 bits per heavy atom. The second kappa shape index (κ2) is 9.12. The molecule has 2 heterocycles. The molecule has 1 saturated heterocycles. The summed E-state index contributed by atoms with van der Waals surface area (Å²) in [5.74, 6) is -0.818. The van der Waals surface area contributed by atoms with Gasteiger partial charge in [-0.2, -0.15) is 0 Å². The van der Waals surface area contributed by atoms with E-state index in [4.69, 9.17) is 27.6 Å². The highest BCUT2D eigenvalue weighted by Crippen LogP contribution is 2.20. The number of nitrogens with one attached hydrogen (secondary N) is 2. The van der Waals surface area contributed by atoms with Gasteiger partial charge in [0.25, 0.3) is 11.8 Å². The first-order valence-corrected chi connectivity index (χ1v) is 9.53. The normalized spacial score (nSPS) is 14.6. The first kappa shape index (κ1) is 20.2. The summed E-state index contributed by atoms with van der Waals surface area (Å²) in [6.45, 7) is 0.926. The predicted molar refractivity (Wildman–Crippen MR) is 105 cm³/mol. The number of furan rings is 1. The molecule has 0 unspecified atom stereocenters. The fourth-order valence-corrected chi connectivity index (χ4v) is 3.50. The van der Waals surface area contributed by atoms with Crippen molar-refractivity contribution in [1.29, 1.82) is 0 Å². The van der Waals surface area contributed by atoms with E-state index >= 15 is 0 Å². The smallest absolute Gasteiger partial charge is 0.257 e. The van der Waals surface area contributed by atoms with E-state index < -0.39 is 5.91 Å². The molecule has 7 nitrogen and oxygen atoms in total. The van der Waals surface area contributed by atoms with Crippen LogP contribution >= 0.6 is 23.2 Å². The second-order valence-electron chi connectivity index (χ2n) is 6.45. The quantitative estimate of drug-likeness (QED) is 0.772. The van der Waals surface area contributed by atoms with E-state index in [1.54, 1.807) is 17.0 Å². The topological polar surface area (TPSA) is 91.7 Å². The summed E-state index contributed by atoms with van der Waals surface area (Å²) in [6, 6.07) is 6.12. The number of carbonyl (C=O) groups excluding carboxylic acids is 3.